The Labute approximate surface area is 213 Å². The summed E-state index contributed by atoms with van der Waals surface area (Å²) in [5.74, 6) is 2.61. The van der Waals surface area contributed by atoms with Crippen LogP contribution in [0.5, 0.6) is 11.5 Å². The number of amides is 1. The molecule has 36 heavy (non-hydrogen) atoms. The zero-order valence-electron chi connectivity index (χ0n) is 19.6. The van der Waals surface area contributed by atoms with Gasteiger partial charge in [-0.05, 0) is 54.8 Å². The molecule has 0 radical (unpaired) electrons. The van der Waals surface area contributed by atoms with E-state index < -0.39 is 0 Å². The number of ether oxygens (including phenoxy) is 2. The number of rotatable bonds is 6. The van der Waals surface area contributed by atoms with E-state index in [-0.39, 0.29) is 17.7 Å². The lowest BCUT2D eigenvalue weighted by Gasteiger charge is -2.26. The van der Waals surface area contributed by atoms with E-state index in [2.05, 4.69) is 15.2 Å². The number of fused-ring (bicyclic) bond motifs is 1. The SMILES string of the molecule is O=C(CSc1nnc(-c2ccncc2)n1-c1ccccc1)N1CCCC1c1ccc2c(c1)OCCO2. The number of benzene rings is 2. The maximum Gasteiger partial charge on any atom is 0.233 e. The summed E-state index contributed by atoms with van der Waals surface area (Å²) in [5.41, 5.74) is 2.94. The van der Waals surface area contributed by atoms with Crippen LogP contribution in [0.25, 0.3) is 17.1 Å². The van der Waals surface area contributed by atoms with Crippen molar-refractivity contribution in [3.63, 3.8) is 0 Å². The fraction of sp³-hybridized carbons (Fsp3) is 0.259. The van der Waals surface area contributed by atoms with Crippen LogP contribution < -0.4 is 9.47 Å². The number of para-hydroxylation sites is 1. The Bertz CT molecular complexity index is 1360. The van der Waals surface area contributed by atoms with Crippen LogP contribution in [-0.2, 0) is 4.79 Å². The molecule has 0 N–H and O–H groups in total. The molecule has 1 unspecified atom stereocenters. The van der Waals surface area contributed by atoms with Crippen molar-refractivity contribution in [1.82, 2.24) is 24.6 Å². The van der Waals surface area contributed by atoms with Crippen LogP contribution in [-0.4, -0.2) is 56.1 Å². The predicted molar refractivity (Wildman–Crippen MR) is 136 cm³/mol. The Morgan fingerprint density at radius 3 is 2.61 bits per heavy atom. The summed E-state index contributed by atoms with van der Waals surface area (Å²) < 4.78 is 13.4. The van der Waals surface area contributed by atoms with Crippen molar-refractivity contribution in [2.24, 2.45) is 0 Å². The normalized spacial score (nSPS) is 16.8. The molecule has 2 aliphatic heterocycles. The lowest BCUT2D eigenvalue weighted by molar-refractivity contribution is -0.129. The minimum atomic E-state index is 0.0355. The molecule has 4 heterocycles. The smallest absolute Gasteiger partial charge is 0.233 e. The van der Waals surface area contributed by atoms with Gasteiger partial charge < -0.3 is 14.4 Å². The molecule has 1 saturated heterocycles. The first kappa shape index (κ1) is 22.6. The summed E-state index contributed by atoms with van der Waals surface area (Å²) in [6.45, 7) is 1.85. The van der Waals surface area contributed by atoms with Gasteiger partial charge >= 0.3 is 0 Å². The van der Waals surface area contributed by atoms with Crippen LogP contribution in [0.15, 0.2) is 78.2 Å². The average Bonchev–Trinajstić information content (AvgIpc) is 3.60. The first-order valence-electron chi connectivity index (χ1n) is 12.0. The molecule has 0 saturated carbocycles. The highest BCUT2D eigenvalue weighted by Gasteiger charge is 2.31. The van der Waals surface area contributed by atoms with Gasteiger partial charge in [-0.15, -0.1) is 10.2 Å². The number of hydrogen-bond acceptors (Lipinski definition) is 7. The summed E-state index contributed by atoms with van der Waals surface area (Å²) in [7, 11) is 0. The first-order chi connectivity index (χ1) is 17.8. The van der Waals surface area contributed by atoms with E-state index in [9.17, 15) is 4.79 Å². The monoisotopic (exact) mass is 499 g/mol. The number of pyridine rings is 1. The molecule has 1 amide bonds. The molecule has 9 heteroatoms. The highest BCUT2D eigenvalue weighted by Crippen LogP contribution is 2.38. The van der Waals surface area contributed by atoms with E-state index in [1.54, 1.807) is 12.4 Å². The quantitative estimate of drug-likeness (QED) is 0.360. The lowest BCUT2D eigenvalue weighted by Crippen LogP contribution is -2.32. The molecule has 0 spiro atoms. The molecule has 182 valence electrons. The van der Waals surface area contributed by atoms with Gasteiger partial charge in [-0.1, -0.05) is 36.0 Å². The Morgan fingerprint density at radius 1 is 0.972 bits per heavy atom. The van der Waals surface area contributed by atoms with E-state index in [0.717, 1.165) is 47.7 Å². The van der Waals surface area contributed by atoms with E-state index in [0.29, 0.717) is 24.2 Å². The van der Waals surface area contributed by atoms with Crippen LogP contribution in [0.1, 0.15) is 24.4 Å². The molecule has 1 fully saturated rings. The minimum absolute atomic E-state index is 0.0355. The second-order valence-corrected chi connectivity index (χ2v) is 9.59. The van der Waals surface area contributed by atoms with Gasteiger partial charge in [-0.2, -0.15) is 0 Å². The van der Waals surface area contributed by atoms with Crippen molar-refractivity contribution in [2.45, 2.75) is 24.0 Å². The molecule has 2 aliphatic rings. The topological polar surface area (TPSA) is 82.4 Å². The summed E-state index contributed by atoms with van der Waals surface area (Å²) in [5, 5.41) is 9.58. The number of carbonyl (C=O) groups excluding carboxylic acids is 1. The molecule has 2 aromatic carbocycles. The molecular weight excluding hydrogens is 474 g/mol. The third-order valence-corrected chi connectivity index (χ3v) is 7.35. The fourth-order valence-electron chi connectivity index (χ4n) is 4.75. The summed E-state index contributed by atoms with van der Waals surface area (Å²) in [6, 6.07) is 19.8. The molecule has 1 atom stereocenters. The second-order valence-electron chi connectivity index (χ2n) is 8.65. The zero-order chi connectivity index (χ0) is 24.3. The highest BCUT2D eigenvalue weighted by molar-refractivity contribution is 7.99. The largest absolute Gasteiger partial charge is 0.486 e. The van der Waals surface area contributed by atoms with Gasteiger partial charge in [-0.3, -0.25) is 14.3 Å². The Hall–Kier alpha value is -3.85. The Morgan fingerprint density at radius 2 is 1.78 bits per heavy atom. The molecular formula is C27H25N5O3S. The van der Waals surface area contributed by atoms with E-state index in [1.165, 1.54) is 11.8 Å². The number of carbonyl (C=O) groups is 1. The maximum absolute atomic E-state index is 13.4. The van der Waals surface area contributed by atoms with Crippen molar-refractivity contribution in [2.75, 3.05) is 25.5 Å². The van der Waals surface area contributed by atoms with Gasteiger partial charge in [0.2, 0.25) is 5.91 Å². The third kappa shape index (κ3) is 4.42. The second kappa shape index (κ2) is 10.0. The van der Waals surface area contributed by atoms with Gasteiger partial charge in [0.15, 0.2) is 22.5 Å². The Kier molecular flexibility index (Phi) is 6.29. The standard InChI is InChI=1S/C27H25N5O3S/c33-25(31-14-4-7-22(31)20-8-9-23-24(17-20)35-16-15-34-23)18-36-27-30-29-26(19-10-12-28-13-11-19)32(27)21-5-2-1-3-6-21/h1-3,5-6,8-13,17,22H,4,7,14-16,18H2. The summed E-state index contributed by atoms with van der Waals surface area (Å²) in [6.07, 6.45) is 5.38. The molecule has 0 aliphatic carbocycles. The van der Waals surface area contributed by atoms with Gasteiger partial charge in [0.1, 0.15) is 13.2 Å². The molecule has 4 aromatic rings. The highest BCUT2D eigenvalue weighted by atomic mass is 32.2. The summed E-state index contributed by atoms with van der Waals surface area (Å²) >= 11 is 1.41. The van der Waals surface area contributed by atoms with E-state index >= 15 is 0 Å². The van der Waals surface area contributed by atoms with Crippen LogP contribution in [0.4, 0.5) is 0 Å². The first-order valence-corrected chi connectivity index (χ1v) is 13.0. The molecule has 6 rings (SSSR count). The summed E-state index contributed by atoms with van der Waals surface area (Å²) in [4.78, 5) is 19.5. The maximum atomic E-state index is 13.4. The van der Waals surface area contributed by atoms with Crippen molar-refractivity contribution in [1.29, 1.82) is 0 Å². The van der Waals surface area contributed by atoms with Crippen LogP contribution in [0.3, 0.4) is 0 Å². The molecule has 8 nitrogen and oxygen atoms in total. The van der Waals surface area contributed by atoms with Gasteiger partial charge in [0, 0.05) is 30.2 Å². The fourth-order valence-corrected chi connectivity index (χ4v) is 5.59. The number of aromatic nitrogens is 4. The van der Waals surface area contributed by atoms with Gasteiger partial charge in [-0.25, -0.2) is 0 Å². The van der Waals surface area contributed by atoms with Crippen molar-refractivity contribution >= 4 is 17.7 Å². The van der Waals surface area contributed by atoms with Gasteiger partial charge in [0.25, 0.3) is 0 Å². The van der Waals surface area contributed by atoms with Gasteiger partial charge in [0.05, 0.1) is 11.8 Å². The third-order valence-electron chi connectivity index (χ3n) is 6.44. The lowest BCUT2D eigenvalue weighted by atomic mass is 10.0. The average molecular weight is 500 g/mol. The van der Waals surface area contributed by atoms with E-state index in [1.807, 2.05) is 70.1 Å². The van der Waals surface area contributed by atoms with Crippen molar-refractivity contribution in [3.8, 4) is 28.6 Å². The van der Waals surface area contributed by atoms with Crippen LogP contribution in [0, 0.1) is 0 Å². The van der Waals surface area contributed by atoms with Crippen LogP contribution in [0.2, 0.25) is 0 Å². The zero-order valence-corrected chi connectivity index (χ0v) is 20.4. The number of nitrogens with zero attached hydrogens (tertiary/aromatic N) is 5. The van der Waals surface area contributed by atoms with Crippen molar-refractivity contribution in [3.05, 3.63) is 78.6 Å². The Balaban J connectivity index is 1.22. The number of likely N-dealkylation sites (tertiary alicyclic amines) is 1. The minimum Gasteiger partial charge on any atom is -0.486 e. The van der Waals surface area contributed by atoms with Crippen molar-refractivity contribution < 1.29 is 14.3 Å². The van der Waals surface area contributed by atoms with E-state index in [4.69, 9.17) is 9.47 Å². The predicted octanol–water partition coefficient (Wildman–Crippen LogP) is 4.56. The molecule has 0 bridgehead atoms. The molecule has 2 aromatic heterocycles. The number of thioether (sulfide) groups is 1. The van der Waals surface area contributed by atoms with Crippen LogP contribution >= 0.6 is 11.8 Å². The number of hydrogen-bond donors (Lipinski definition) is 0.